The lowest BCUT2D eigenvalue weighted by molar-refractivity contribution is 0.404. The van der Waals surface area contributed by atoms with E-state index < -0.39 is 0 Å². The lowest BCUT2D eigenvalue weighted by Gasteiger charge is -2.08. The quantitative estimate of drug-likeness (QED) is 0.782. The molecule has 114 valence electrons. The van der Waals surface area contributed by atoms with E-state index in [1.165, 1.54) is 11.3 Å². The minimum Gasteiger partial charge on any atom is -0.497 e. The molecule has 0 spiro atoms. The van der Waals surface area contributed by atoms with Crippen molar-refractivity contribution < 1.29 is 9.47 Å². The van der Waals surface area contributed by atoms with Crippen LogP contribution in [0.25, 0.3) is 11.3 Å². The van der Waals surface area contributed by atoms with Crippen LogP contribution in [0.2, 0.25) is 0 Å². The standard InChI is InChI=1S/C15H16N4O2S/c1-19-8-10(7-16-19)17-15-18-13(9-22-15)12-6-11(20-2)4-5-14(12)21-3/h4-9H,1-3H3,(H,17,18). The van der Waals surface area contributed by atoms with Gasteiger partial charge in [-0.3, -0.25) is 4.68 Å². The second-order valence-corrected chi connectivity index (χ2v) is 5.49. The van der Waals surface area contributed by atoms with Gasteiger partial charge in [0.15, 0.2) is 5.13 Å². The lowest BCUT2D eigenvalue weighted by atomic mass is 10.1. The summed E-state index contributed by atoms with van der Waals surface area (Å²) in [7, 11) is 5.16. The number of hydrogen-bond acceptors (Lipinski definition) is 6. The van der Waals surface area contributed by atoms with E-state index in [4.69, 9.17) is 9.47 Å². The van der Waals surface area contributed by atoms with Crippen LogP contribution in [-0.2, 0) is 7.05 Å². The Bertz CT molecular complexity index is 781. The number of nitrogens with zero attached hydrogens (tertiary/aromatic N) is 3. The summed E-state index contributed by atoms with van der Waals surface area (Å²) in [5, 5.41) is 10.1. The van der Waals surface area contributed by atoms with Crippen molar-refractivity contribution >= 4 is 22.2 Å². The predicted octanol–water partition coefficient (Wildman–Crippen LogP) is 3.30. The van der Waals surface area contributed by atoms with Gasteiger partial charge in [-0.2, -0.15) is 5.10 Å². The van der Waals surface area contributed by atoms with Gasteiger partial charge in [-0.1, -0.05) is 0 Å². The van der Waals surface area contributed by atoms with Gasteiger partial charge in [0.25, 0.3) is 0 Å². The number of hydrogen-bond donors (Lipinski definition) is 1. The fourth-order valence-electron chi connectivity index (χ4n) is 2.08. The van der Waals surface area contributed by atoms with E-state index in [1.54, 1.807) is 25.1 Å². The highest BCUT2D eigenvalue weighted by atomic mass is 32.1. The van der Waals surface area contributed by atoms with Crippen molar-refractivity contribution in [3.05, 3.63) is 36.0 Å². The summed E-state index contributed by atoms with van der Waals surface area (Å²) in [6.45, 7) is 0. The molecule has 0 unspecified atom stereocenters. The molecule has 0 aliphatic heterocycles. The van der Waals surface area contributed by atoms with Crippen molar-refractivity contribution in [2.75, 3.05) is 19.5 Å². The summed E-state index contributed by atoms with van der Waals surface area (Å²) in [5.41, 5.74) is 2.64. The largest absolute Gasteiger partial charge is 0.497 e. The van der Waals surface area contributed by atoms with Crippen LogP contribution in [0.3, 0.4) is 0 Å². The molecule has 0 aliphatic rings. The van der Waals surface area contributed by atoms with Gasteiger partial charge < -0.3 is 14.8 Å². The van der Waals surface area contributed by atoms with E-state index in [9.17, 15) is 0 Å². The maximum atomic E-state index is 5.41. The molecular weight excluding hydrogens is 300 g/mol. The average Bonchev–Trinajstić information content (AvgIpc) is 3.16. The smallest absolute Gasteiger partial charge is 0.187 e. The van der Waals surface area contributed by atoms with Gasteiger partial charge in [0.1, 0.15) is 11.5 Å². The monoisotopic (exact) mass is 316 g/mol. The molecule has 3 aromatic rings. The molecule has 7 heteroatoms. The van der Waals surface area contributed by atoms with Gasteiger partial charge >= 0.3 is 0 Å². The van der Waals surface area contributed by atoms with Gasteiger partial charge in [0.05, 0.1) is 31.8 Å². The zero-order chi connectivity index (χ0) is 15.5. The van der Waals surface area contributed by atoms with Crippen LogP contribution in [0.15, 0.2) is 36.0 Å². The number of thiazole rings is 1. The number of aromatic nitrogens is 3. The maximum absolute atomic E-state index is 5.41. The minimum absolute atomic E-state index is 0.763. The number of nitrogens with one attached hydrogen (secondary N) is 1. The number of anilines is 2. The first-order valence-electron chi connectivity index (χ1n) is 6.63. The molecule has 0 bridgehead atoms. The molecule has 0 atom stereocenters. The molecule has 2 heterocycles. The average molecular weight is 316 g/mol. The Morgan fingerprint density at radius 1 is 1.23 bits per heavy atom. The van der Waals surface area contributed by atoms with E-state index in [0.29, 0.717) is 0 Å². The highest BCUT2D eigenvalue weighted by molar-refractivity contribution is 7.14. The lowest BCUT2D eigenvalue weighted by Crippen LogP contribution is -1.91. The topological polar surface area (TPSA) is 61.2 Å². The fraction of sp³-hybridized carbons (Fsp3) is 0.200. The molecule has 0 amide bonds. The van der Waals surface area contributed by atoms with Crippen molar-refractivity contribution in [1.82, 2.24) is 14.8 Å². The Morgan fingerprint density at radius 2 is 2.09 bits per heavy atom. The summed E-state index contributed by atoms with van der Waals surface area (Å²) in [5.74, 6) is 1.53. The third-order valence-electron chi connectivity index (χ3n) is 3.14. The first-order chi connectivity index (χ1) is 10.7. The summed E-state index contributed by atoms with van der Waals surface area (Å²) in [6, 6.07) is 5.66. The minimum atomic E-state index is 0.763. The molecular formula is C15H16N4O2S. The van der Waals surface area contributed by atoms with Gasteiger partial charge in [0.2, 0.25) is 0 Å². The van der Waals surface area contributed by atoms with Gasteiger partial charge in [-0.25, -0.2) is 4.98 Å². The predicted molar refractivity (Wildman–Crippen MR) is 87.1 cm³/mol. The highest BCUT2D eigenvalue weighted by Crippen LogP contribution is 2.35. The van der Waals surface area contributed by atoms with Gasteiger partial charge in [0, 0.05) is 24.2 Å². The SMILES string of the molecule is COc1ccc(OC)c(-c2csc(Nc3cnn(C)c3)n2)c1. The van der Waals surface area contributed by atoms with E-state index in [1.807, 2.05) is 36.8 Å². The molecule has 0 radical (unpaired) electrons. The van der Waals surface area contributed by atoms with Crippen LogP contribution in [0.1, 0.15) is 0 Å². The highest BCUT2D eigenvalue weighted by Gasteiger charge is 2.12. The molecule has 1 aromatic carbocycles. The van der Waals surface area contributed by atoms with Crippen LogP contribution in [-0.4, -0.2) is 29.0 Å². The molecule has 6 nitrogen and oxygen atoms in total. The summed E-state index contributed by atoms with van der Waals surface area (Å²) in [4.78, 5) is 4.60. The van der Waals surface area contributed by atoms with Crippen LogP contribution in [0.4, 0.5) is 10.8 Å². The van der Waals surface area contributed by atoms with E-state index in [2.05, 4.69) is 15.4 Å². The Balaban J connectivity index is 1.90. The second kappa shape index (κ2) is 6.07. The van der Waals surface area contributed by atoms with Crippen LogP contribution >= 0.6 is 11.3 Å². The van der Waals surface area contributed by atoms with E-state index >= 15 is 0 Å². The summed E-state index contributed by atoms with van der Waals surface area (Å²) in [6.07, 6.45) is 3.65. The maximum Gasteiger partial charge on any atom is 0.187 e. The molecule has 3 rings (SSSR count). The van der Waals surface area contributed by atoms with E-state index in [0.717, 1.165) is 33.6 Å². The van der Waals surface area contributed by atoms with Gasteiger partial charge in [-0.15, -0.1) is 11.3 Å². The summed E-state index contributed by atoms with van der Waals surface area (Å²) < 4.78 is 12.4. The molecule has 2 aromatic heterocycles. The Kier molecular flexibility index (Phi) is 3.97. The fourth-order valence-corrected chi connectivity index (χ4v) is 2.81. The molecule has 0 saturated carbocycles. The second-order valence-electron chi connectivity index (χ2n) is 4.63. The molecule has 1 N–H and O–H groups in total. The third-order valence-corrected chi connectivity index (χ3v) is 3.90. The molecule has 22 heavy (non-hydrogen) atoms. The Labute approximate surface area is 132 Å². The van der Waals surface area contributed by atoms with Crippen molar-refractivity contribution in [2.24, 2.45) is 7.05 Å². The molecule has 0 aliphatic carbocycles. The molecule has 0 fully saturated rings. The van der Waals surface area contributed by atoms with Crippen LogP contribution in [0, 0.1) is 0 Å². The van der Waals surface area contributed by atoms with Crippen molar-refractivity contribution in [3.63, 3.8) is 0 Å². The van der Waals surface area contributed by atoms with Crippen molar-refractivity contribution in [1.29, 1.82) is 0 Å². The van der Waals surface area contributed by atoms with Crippen molar-refractivity contribution in [2.45, 2.75) is 0 Å². The van der Waals surface area contributed by atoms with Gasteiger partial charge in [-0.05, 0) is 18.2 Å². The Morgan fingerprint density at radius 3 is 2.77 bits per heavy atom. The zero-order valence-corrected chi connectivity index (χ0v) is 13.3. The number of benzene rings is 1. The number of ether oxygens (including phenoxy) is 2. The van der Waals surface area contributed by atoms with Crippen LogP contribution in [0.5, 0.6) is 11.5 Å². The number of rotatable bonds is 5. The zero-order valence-electron chi connectivity index (χ0n) is 12.5. The van der Waals surface area contributed by atoms with Crippen LogP contribution < -0.4 is 14.8 Å². The third kappa shape index (κ3) is 2.89. The number of aryl methyl sites for hydroxylation is 1. The van der Waals surface area contributed by atoms with Crippen molar-refractivity contribution in [3.8, 4) is 22.8 Å². The molecule has 0 saturated heterocycles. The summed E-state index contributed by atoms with van der Waals surface area (Å²) >= 11 is 1.53. The van der Waals surface area contributed by atoms with E-state index in [-0.39, 0.29) is 0 Å². The normalized spacial score (nSPS) is 10.5. The first-order valence-corrected chi connectivity index (χ1v) is 7.51. The number of methoxy groups -OCH3 is 2. The first kappa shape index (κ1) is 14.4. The Hall–Kier alpha value is -2.54.